The first-order chi connectivity index (χ1) is 15.1. The van der Waals surface area contributed by atoms with Crippen LogP contribution in [0.2, 0.25) is 0 Å². The second-order valence-electron chi connectivity index (χ2n) is 7.05. The molecule has 3 aromatic rings. The Balaban J connectivity index is 1.78. The van der Waals surface area contributed by atoms with Crippen molar-refractivity contribution in [2.24, 2.45) is 0 Å². The number of carbonyl (C=O) groups excluding carboxylic acids is 1. The van der Waals surface area contributed by atoms with Gasteiger partial charge in [0.25, 0.3) is 5.91 Å². The molecule has 0 saturated heterocycles. The number of hydrogen-bond donors (Lipinski definition) is 0. The Hall–Kier alpha value is -3.50. The van der Waals surface area contributed by atoms with Crippen molar-refractivity contribution < 1.29 is 27.1 Å². The summed E-state index contributed by atoms with van der Waals surface area (Å²) >= 11 is 0. The second kappa shape index (κ2) is 9.33. The van der Waals surface area contributed by atoms with E-state index in [-0.39, 0.29) is 12.5 Å². The monoisotopic (exact) mass is 451 g/mol. The standard InChI is InChI=1S/C21H21F4N5O2/c1-4-29(14(3)12-32-19-17(22)10-15(11-26-19)21(23,24)25)20(31)16-7-5-6-13(2)18(16)30-27-8-9-28-30/h5-11,14H,4,12H2,1-3H3/t14-/m0/s1. The van der Waals surface area contributed by atoms with Gasteiger partial charge in [0.2, 0.25) is 5.88 Å². The zero-order chi connectivity index (χ0) is 23.5. The summed E-state index contributed by atoms with van der Waals surface area (Å²) < 4.78 is 57.3. The van der Waals surface area contributed by atoms with Gasteiger partial charge in [0, 0.05) is 12.7 Å². The summed E-state index contributed by atoms with van der Waals surface area (Å²) in [6, 6.07) is 5.02. The Bertz CT molecular complexity index is 1090. The van der Waals surface area contributed by atoms with Gasteiger partial charge in [-0.25, -0.2) is 9.37 Å². The number of hydrogen-bond acceptors (Lipinski definition) is 5. The molecule has 1 amide bonds. The minimum absolute atomic E-state index is 0.171. The van der Waals surface area contributed by atoms with E-state index < -0.39 is 29.5 Å². The number of halogens is 4. The molecule has 0 aliphatic rings. The molecule has 0 N–H and O–H groups in total. The van der Waals surface area contributed by atoms with Crippen molar-refractivity contribution in [3.05, 3.63) is 65.4 Å². The van der Waals surface area contributed by atoms with Crippen LogP contribution >= 0.6 is 0 Å². The van der Waals surface area contributed by atoms with E-state index in [1.54, 1.807) is 26.0 Å². The maximum absolute atomic E-state index is 14.0. The average molecular weight is 451 g/mol. The Morgan fingerprint density at radius 2 is 1.94 bits per heavy atom. The molecule has 11 heteroatoms. The molecule has 0 unspecified atom stereocenters. The third-order valence-electron chi connectivity index (χ3n) is 4.82. The first kappa shape index (κ1) is 23.2. The van der Waals surface area contributed by atoms with Gasteiger partial charge in [-0.2, -0.15) is 28.2 Å². The molecule has 1 atom stereocenters. The molecule has 2 aromatic heterocycles. The highest BCUT2D eigenvalue weighted by molar-refractivity contribution is 5.98. The highest BCUT2D eigenvalue weighted by atomic mass is 19.4. The Kier molecular flexibility index (Phi) is 6.75. The molecule has 0 aliphatic heterocycles. The van der Waals surface area contributed by atoms with Crippen molar-refractivity contribution in [1.82, 2.24) is 24.9 Å². The van der Waals surface area contributed by atoms with Crippen LogP contribution < -0.4 is 4.74 Å². The van der Waals surface area contributed by atoms with Crippen LogP contribution in [-0.2, 0) is 6.18 Å². The van der Waals surface area contributed by atoms with Crippen LogP contribution in [0.4, 0.5) is 17.6 Å². The number of nitrogens with zero attached hydrogens (tertiary/aromatic N) is 5. The number of ether oxygens (including phenoxy) is 1. The number of pyridine rings is 1. The number of para-hydroxylation sites is 1. The van der Waals surface area contributed by atoms with Gasteiger partial charge in [-0.3, -0.25) is 4.79 Å². The first-order valence-electron chi connectivity index (χ1n) is 9.76. The molecule has 0 saturated carbocycles. The maximum atomic E-state index is 14.0. The fourth-order valence-corrected chi connectivity index (χ4v) is 3.21. The summed E-state index contributed by atoms with van der Waals surface area (Å²) in [6.45, 7) is 5.43. The highest BCUT2D eigenvalue weighted by Gasteiger charge is 2.32. The van der Waals surface area contributed by atoms with Crippen LogP contribution in [-0.4, -0.2) is 50.0 Å². The maximum Gasteiger partial charge on any atom is 0.417 e. The zero-order valence-electron chi connectivity index (χ0n) is 17.6. The topological polar surface area (TPSA) is 73.1 Å². The van der Waals surface area contributed by atoms with Gasteiger partial charge in [0.15, 0.2) is 5.82 Å². The normalized spacial score (nSPS) is 12.5. The van der Waals surface area contributed by atoms with Crippen molar-refractivity contribution in [3.63, 3.8) is 0 Å². The summed E-state index contributed by atoms with van der Waals surface area (Å²) in [6.07, 6.45) is -1.21. The van der Waals surface area contributed by atoms with E-state index in [9.17, 15) is 22.4 Å². The van der Waals surface area contributed by atoms with Crippen molar-refractivity contribution >= 4 is 5.91 Å². The first-order valence-corrected chi connectivity index (χ1v) is 9.76. The number of rotatable bonds is 7. The molecular formula is C21H21F4N5O2. The number of alkyl halides is 3. The minimum atomic E-state index is -4.71. The van der Waals surface area contributed by atoms with Gasteiger partial charge in [-0.15, -0.1) is 0 Å². The molecule has 0 aliphatic carbocycles. The molecule has 2 heterocycles. The van der Waals surface area contributed by atoms with E-state index in [4.69, 9.17) is 4.74 Å². The lowest BCUT2D eigenvalue weighted by Gasteiger charge is -2.29. The number of likely N-dealkylation sites (N-methyl/N-ethyl adjacent to an activating group) is 1. The van der Waals surface area contributed by atoms with E-state index in [1.807, 2.05) is 13.0 Å². The van der Waals surface area contributed by atoms with E-state index >= 15 is 0 Å². The van der Waals surface area contributed by atoms with Gasteiger partial charge in [-0.05, 0) is 38.5 Å². The number of aryl methyl sites for hydroxylation is 1. The van der Waals surface area contributed by atoms with Crippen molar-refractivity contribution in [2.75, 3.05) is 13.2 Å². The molecule has 0 bridgehead atoms. The molecule has 0 fully saturated rings. The lowest BCUT2D eigenvalue weighted by atomic mass is 10.1. The lowest BCUT2D eigenvalue weighted by molar-refractivity contribution is -0.138. The Labute approximate surface area is 181 Å². The third-order valence-corrected chi connectivity index (χ3v) is 4.82. The van der Waals surface area contributed by atoms with Crippen LogP contribution in [0.5, 0.6) is 5.88 Å². The van der Waals surface area contributed by atoms with Gasteiger partial charge in [-0.1, -0.05) is 12.1 Å². The smallest absolute Gasteiger partial charge is 0.417 e. The van der Waals surface area contributed by atoms with Crippen LogP contribution in [0.25, 0.3) is 5.69 Å². The van der Waals surface area contributed by atoms with Gasteiger partial charge >= 0.3 is 6.18 Å². The zero-order valence-corrected chi connectivity index (χ0v) is 17.6. The third kappa shape index (κ3) is 4.87. The fraction of sp³-hybridized carbons (Fsp3) is 0.333. The molecule has 0 spiro atoms. The van der Waals surface area contributed by atoms with E-state index in [1.165, 1.54) is 22.1 Å². The van der Waals surface area contributed by atoms with Crippen molar-refractivity contribution in [2.45, 2.75) is 33.0 Å². The van der Waals surface area contributed by atoms with Crippen LogP contribution in [0.3, 0.4) is 0 Å². The fourth-order valence-electron chi connectivity index (χ4n) is 3.21. The Morgan fingerprint density at radius 1 is 1.25 bits per heavy atom. The van der Waals surface area contributed by atoms with Crippen LogP contribution in [0.15, 0.2) is 42.9 Å². The summed E-state index contributed by atoms with van der Waals surface area (Å²) in [5.74, 6) is -2.11. The van der Waals surface area contributed by atoms with E-state index in [0.29, 0.717) is 30.1 Å². The minimum Gasteiger partial charge on any atom is -0.473 e. The van der Waals surface area contributed by atoms with Crippen molar-refractivity contribution in [3.8, 4) is 11.6 Å². The SMILES string of the molecule is CCN(C(=O)c1cccc(C)c1-n1nccn1)[C@@H](C)COc1ncc(C(F)(F)F)cc1F. The molecule has 7 nitrogen and oxygen atoms in total. The summed E-state index contributed by atoms with van der Waals surface area (Å²) in [5.41, 5.74) is 0.487. The van der Waals surface area contributed by atoms with Gasteiger partial charge in [0.1, 0.15) is 12.3 Å². The molecule has 3 rings (SSSR count). The average Bonchev–Trinajstić information content (AvgIpc) is 3.26. The number of carbonyl (C=O) groups is 1. The molecular weight excluding hydrogens is 430 g/mol. The van der Waals surface area contributed by atoms with Gasteiger partial charge in [0.05, 0.1) is 29.6 Å². The molecule has 32 heavy (non-hydrogen) atoms. The van der Waals surface area contributed by atoms with Crippen LogP contribution in [0, 0.1) is 12.7 Å². The quantitative estimate of drug-likeness (QED) is 0.507. The molecule has 0 radical (unpaired) electrons. The molecule has 1 aromatic carbocycles. The number of amides is 1. The lowest BCUT2D eigenvalue weighted by Crippen LogP contribution is -2.42. The van der Waals surface area contributed by atoms with Crippen LogP contribution in [0.1, 0.15) is 35.3 Å². The largest absolute Gasteiger partial charge is 0.473 e. The Morgan fingerprint density at radius 3 is 2.53 bits per heavy atom. The predicted molar refractivity (Wildman–Crippen MR) is 107 cm³/mol. The highest BCUT2D eigenvalue weighted by Crippen LogP contribution is 2.30. The number of benzene rings is 1. The predicted octanol–water partition coefficient (Wildman–Crippen LogP) is 4.06. The van der Waals surface area contributed by atoms with E-state index in [2.05, 4.69) is 15.2 Å². The second-order valence-corrected chi connectivity index (χ2v) is 7.05. The summed E-state index contributed by atoms with van der Waals surface area (Å²) in [4.78, 5) is 19.6. The van der Waals surface area contributed by atoms with E-state index in [0.717, 1.165) is 5.56 Å². The van der Waals surface area contributed by atoms with Gasteiger partial charge < -0.3 is 9.64 Å². The van der Waals surface area contributed by atoms with Crippen molar-refractivity contribution in [1.29, 1.82) is 0 Å². The molecule has 170 valence electrons. The number of aromatic nitrogens is 4. The summed E-state index contributed by atoms with van der Waals surface area (Å²) in [7, 11) is 0. The summed E-state index contributed by atoms with van der Waals surface area (Å²) in [5, 5.41) is 8.22.